The minimum Gasteiger partial charge on any atom is -0.479 e. The summed E-state index contributed by atoms with van der Waals surface area (Å²) in [6.07, 6.45) is 0. The number of aromatic nitrogens is 2. The van der Waals surface area contributed by atoms with Crippen molar-refractivity contribution in [1.29, 1.82) is 0 Å². The highest BCUT2D eigenvalue weighted by atomic mass is 32.1. The van der Waals surface area contributed by atoms with Crippen molar-refractivity contribution in [3.63, 3.8) is 0 Å². The molecule has 0 aliphatic heterocycles. The SMILES string of the molecule is Cc1ccc(OCc2nc(N)c3c(C)c(C)sc3n2)c([N+](=O)[O-])c1. The van der Waals surface area contributed by atoms with E-state index in [1.54, 1.807) is 30.4 Å². The molecule has 8 heteroatoms. The highest BCUT2D eigenvalue weighted by Gasteiger charge is 2.17. The molecule has 0 unspecified atom stereocenters. The number of fused-ring (bicyclic) bond motifs is 1. The first-order chi connectivity index (χ1) is 11.4. The number of rotatable bonds is 4. The van der Waals surface area contributed by atoms with Gasteiger partial charge < -0.3 is 10.5 Å². The van der Waals surface area contributed by atoms with Crippen molar-refractivity contribution in [2.75, 3.05) is 5.73 Å². The minimum atomic E-state index is -0.466. The zero-order valence-electron chi connectivity index (χ0n) is 13.5. The molecule has 0 aliphatic carbocycles. The van der Waals surface area contributed by atoms with E-state index in [9.17, 15) is 10.1 Å². The van der Waals surface area contributed by atoms with Crippen LogP contribution in [0.2, 0.25) is 0 Å². The first-order valence-corrected chi connectivity index (χ1v) is 8.08. The fourth-order valence-corrected chi connectivity index (χ4v) is 3.48. The fourth-order valence-electron chi connectivity index (χ4n) is 2.43. The van der Waals surface area contributed by atoms with E-state index in [0.717, 1.165) is 26.2 Å². The second-order valence-corrected chi connectivity index (χ2v) is 6.71. The summed E-state index contributed by atoms with van der Waals surface area (Å²) in [4.78, 5) is 21.3. The Morgan fingerprint density at radius 1 is 1.29 bits per heavy atom. The number of aryl methyl sites for hydroxylation is 3. The zero-order chi connectivity index (χ0) is 17.4. The van der Waals surface area contributed by atoms with Crippen molar-refractivity contribution < 1.29 is 9.66 Å². The van der Waals surface area contributed by atoms with E-state index in [4.69, 9.17) is 10.5 Å². The van der Waals surface area contributed by atoms with E-state index in [0.29, 0.717) is 11.6 Å². The summed E-state index contributed by atoms with van der Waals surface area (Å²) in [7, 11) is 0. The van der Waals surface area contributed by atoms with Gasteiger partial charge in [-0.05, 0) is 38.0 Å². The van der Waals surface area contributed by atoms with Crippen LogP contribution in [0.1, 0.15) is 21.8 Å². The van der Waals surface area contributed by atoms with Gasteiger partial charge in [-0.3, -0.25) is 10.1 Å². The molecule has 2 aromatic heterocycles. The second-order valence-electron chi connectivity index (χ2n) is 5.51. The molecule has 0 saturated heterocycles. The molecular weight excluding hydrogens is 328 g/mol. The van der Waals surface area contributed by atoms with Gasteiger partial charge >= 0.3 is 5.69 Å². The van der Waals surface area contributed by atoms with E-state index in [1.165, 1.54) is 6.07 Å². The number of anilines is 1. The van der Waals surface area contributed by atoms with Crippen molar-refractivity contribution in [3.05, 3.63) is 50.1 Å². The Kier molecular flexibility index (Phi) is 4.06. The summed E-state index contributed by atoms with van der Waals surface area (Å²) in [5.41, 5.74) is 7.82. The number of thiophene rings is 1. The third-order valence-corrected chi connectivity index (χ3v) is 4.87. The van der Waals surface area contributed by atoms with E-state index in [2.05, 4.69) is 9.97 Å². The Hall–Kier alpha value is -2.74. The predicted octanol–water partition coefficient (Wildman–Crippen LogP) is 3.69. The van der Waals surface area contributed by atoms with Crippen molar-refractivity contribution >= 4 is 33.1 Å². The van der Waals surface area contributed by atoms with Crippen molar-refractivity contribution in [3.8, 4) is 5.75 Å². The van der Waals surface area contributed by atoms with Crippen LogP contribution in [0, 0.1) is 30.9 Å². The number of ether oxygens (including phenoxy) is 1. The molecule has 3 rings (SSSR count). The Bertz CT molecular complexity index is 952. The normalized spacial score (nSPS) is 11.0. The van der Waals surface area contributed by atoms with Gasteiger partial charge in [-0.1, -0.05) is 6.07 Å². The number of hydrogen-bond donors (Lipinski definition) is 1. The van der Waals surface area contributed by atoms with Gasteiger partial charge in [0.15, 0.2) is 11.6 Å². The molecule has 0 bridgehead atoms. The maximum absolute atomic E-state index is 11.1. The topological polar surface area (TPSA) is 104 Å². The van der Waals surface area contributed by atoms with Crippen LogP contribution >= 0.6 is 11.3 Å². The summed E-state index contributed by atoms with van der Waals surface area (Å²) >= 11 is 1.54. The Balaban J connectivity index is 1.90. The Morgan fingerprint density at radius 2 is 2.04 bits per heavy atom. The van der Waals surface area contributed by atoms with Crippen LogP contribution < -0.4 is 10.5 Å². The van der Waals surface area contributed by atoms with Crippen LogP contribution in [0.5, 0.6) is 5.75 Å². The van der Waals surface area contributed by atoms with Gasteiger partial charge in [0.1, 0.15) is 17.3 Å². The van der Waals surface area contributed by atoms with Crippen LogP contribution in [-0.2, 0) is 6.61 Å². The predicted molar refractivity (Wildman–Crippen MR) is 93.5 cm³/mol. The molecule has 0 radical (unpaired) electrons. The first kappa shape index (κ1) is 16.1. The van der Waals surface area contributed by atoms with Crippen LogP contribution in [0.4, 0.5) is 11.5 Å². The van der Waals surface area contributed by atoms with Gasteiger partial charge in [-0.2, -0.15) is 0 Å². The van der Waals surface area contributed by atoms with Gasteiger partial charge in [0.25, 0.3) is 0 Å². The number of nitro benzene ring substituents is 1. The lowest BCUT2D eigenvalue weighted by molar-refractivity contribution is -0.386. The first-order valence-electron chi connectivity index (χ1n) is 7.26. The molecule has 0 spiro atoms. The van der Waals surface area contributed by atoms with Crippen LogP contribution in [0.25, 0.3) is 10.2 Å². The van der Waals surface area contributed by atoms with Gasteiger partial charge in [0.05, 0.1) is 10.3 Å². The lowest BCUT2D eigenvalue weighted by atomic mass is 10.2. The maximum atomic E-state index is 11.1. The van der Waals surface area contributed by atoms with E-state index >= 15 is 0 Å². The fraction of sp³-hybridized carbons (Fsp3) is 0.250. The van der Waals surface area contributed by atoms with E-state index in [-0.39, 0.29) is 18.0 Å². The average molecular weight is 344 g/mol. The second kappa shape index (κ2) is 6.04. The molecule has 0 fully saturated rings. The Labute approximate surface area is 142 Å². The molecule has 2 heterocycles. The van der Waals surface area contributed by atoms with Crippen LogP contribution in [0.15, 0.2) is 18.2 Å². The molecule has 7 nitrogen and oxygen atoms in total. The molecular formula is C16H16N4O3S. The van der Waals surface area contributed by atoms with Gasteiger partial charge in [0.2, 0.25) is 0 Å². The van der Waals surface area contributed by atoms with Crippen LogP contribution in [-0.4, -0.2) is 14.9 Å². The van der Waals surface area contributed by atoms with E-state index < -0.39 is 4.92 Å². The molecule has 124 valence electrons. The summed E-state index contributed by atoms with van der Waals surface area (Å²) in [6.45, 7) is 5.79. The number of nitrogens with zero attached hydrogens (tertiary/aromatic N) is 3. The highest BCUT2D eigenvalue weighted by Crippen LogP contribution is 2.32. The molecule has 3 aromatic rings. The molecule has 1 aromatic carbocycles. The number of nitro groups is 1. The smallest absolute Gasteiger partial charge is 0.311 e. The zero-order valence-corrected chi connectivity index (χ0v) is 14.3. The average Bonchev–Trinajstić information content (AvgIpc) is 2.81. The van der Waals surface area contributed by atoms with Crippen LogP contribution in [0.3, 0.4) is 0 Å². The third-order valence-electron chi connectivity index (χ3n) is 3.77. The lowest BCUT2D eigenvalue weighted by Gasteiger charge is -2.07. The summed E-state index contributed by atoms with van der Waals surface area (Å²) in [6, 6.07) is 4.81. The van der Waals surface area contributed by atoms with E-state index in [1.807, 2.05) is 13.8 Å². The summed E-state index contributed by atoms with van der Waals surface area (Å²) in [5.74, 6) is 0.987. The van der Waals surface area contributed by atoms with Gasteiger partial charge in [-0.25, -0.2) is 9.97 Å². The van der Waals surface area contributed by atoms with Crippen molar-refractivity contribution in [2.45, 2.75) is 27.4 Å². The molecule has 2 N–H and O–H groups in total. The van der Waals surface area contributed by atoms with Gasteiger partial charge in [0, 0.05) is 10.9 Å². The molecule has 0 saturated carbocycles. The number of nitrogen functional groups attached to an aromatic ring is 1. The third kappa shape index (κ3) is 2.88. The lowest BCUT2D eigenvalue weighted by Crippen LogP contribution is -2.05. The molecule has 0 amide bonds. The minimum absolute atomic E-state index is 0.0139. The summed E-state index contributed by atoms with van der Waals surface area (Å²) < 4.78 is 5.56. The standard InChI is InChI=1S/C16H16N4O3S/c1-8-4-5-12(11(6-8)20(21)22)23-7-13-18-15(17)14-9(2)10(3)24-16(14)19-13/h4-6H,7H2,1-3H3,(H2,17,18,19). The largest absolute Gasteiger partial charge is 0.479 e. The maximum Gasteiger partial charge on any atom is 0.311 e. The number of benzene rings is 1. The summed E-state index contributed by atoms with van der Waals surface area (Å²) in [5, 5.41) is 12.0. The Morgan fingerprint density at radius 3 is 2.75 bits per heavy atom. The van der Waals surface area contributed by atoms with Crippen molar-refractivity contribution in [2.24, 2.45) is 0 Å². The quantitative estimate of drug-likeness (QED) is 0.572. The highest BCUT2D eigenvalue weighted by molar-refractivity contribution is 7.18. The number of hydrogen-bond acceptors (Lipinski definition) is 7. The molecule has 0 aliphatic rings. The molecule has 24 heavy (non-hydrogen) atoms. The number of nitrogens with two attached hydrogens (primary N) is 1. The van der Waals surface area contributed by atoms with Crippen molar-refractivity contribution in [1.82, 2.24) is 9.97 Å². The van der Waals surface area contributed by atoms with Gasteiger partial charge in [-0.15, -0.1) is 11.3 Å². The molecule has 0 atom stereocenters. The monoisotopic (exact) mass is 344 g/mol.